The van der Waals surface area contributed by atoms with Crippen LogP contribution >= 0.6 is 11.8 Å². The van der Waals surface area contributed by atoms with Gasteiger partial charge in [-0.05, 0) is 54.8 Å². The van der Waals surface area contributed by atoms with Crippen LogP contribution in [0.5, 0.6) is 11.5 Å². The van der Waals surface area contributed by atoms with Gasteiger partial charge in [0.15, 0.2) is 11.5 Å². The molecule has 1 unspecified atom stereocenters. The van der Waals surface area contributed by atoms with E-state index in [2.05, 4.69) is 126 Å². The van der Waals surface area contributed by atoms with Crippen LogP contribution in [0.1, 0.15) is 40.7 Å². The van der Waals surface area contributed by atoms with E-state index in [1.807, 2.05) is 0 Å². The summed E-state index contributed by atoms with van der Waals surface area (Å²) in [5.74, 6) is 1.78. The molecule has 2 aliphatic carbocycles. The molecule has 2 aliphatic heterocycles. The molecule has 2 bridgehead atoms. The van der Waals surface area contributed by atoms with Crippen molar-refractivity contribution in [1.29, 1.82) is 0 Å². The first-order valence-corrected chi connectivity index (χ1v) is 17.0. The second-order valence-electron chi connectivity index (χ2n) is 12.9. The second-order valence-corrected chi connectivity index (χ2v) is 14.2. The Bertz CT molecular complexity index is 1650. The molecule has 4 aromatic carbocycles. The van der Waals surface area contributed by atoms with Gasteiger partial charge < -0.3 is 20.1 Å². The Morgan fingerprint density at radius 1 is 0.933 bits per heavy atom. The average Bonchev–Trinajstić information content (AvgIpc) is 3.44. The van der Waals surface area contributed by atoms with Gasteiger partial charge in [0.05, 0.1) is 10.8 Å². The first-order valence-electron chi connectivity index (χ1n) is 16.0. The largest absolute Gasteiger partial charge is 0.504 e. The fourth-order valence-corrected chi connectivity index (χ4v) is 10.2. The minimum absolute atomic E-state index is 0.0133. The standard InChI is InChI=1S/C39H38N2O3S/c1-41-23-22-38-30-18-19-31(37(38)44-36-33(42)20-17-26(35(36)38)25-32(30)41)40-34(43)21-24-45-39(27-11-5-2-6-12-27,28-13-7-3-8-14-28)29-15-9-4-10-16-29/h2-20,30-32,37,42H,21-25H2,1H3,(H,40,43)/t30-,31+,32?,37-,38-/m0/s1. The van der Waals surface area contributed by atoms with Gasteiger partial charge in [-0.1, -0.05) is 109 Å². The number of phenols is 1. The summed E-state index contributed by atoms with van der Waals surface area (Å²) in [6.45, 7) is 0.973. The van der Waals surface area contributed by atoms with E-state index in [-0.39, 0.29) is 29.2 Å². The molecular weight excluding hydrogens is 577 g/mol. The minimum atomic E-state index is -0.462. The van der Waals surface area contributed by atoms with Crippen LogP contribution in [0.2, 0.25) is 0 Å². The summed E-state index contributed by atoms with van der Waals surface area (Å²) in [5, 5.41) is 14.2. The molecule has 5 nitrogen and oxygen atoms in total. The van der Waals surface area contributed by atoms with Crippen molar-refractivity contribution in [3.8, 4) is 11.5 Å². The number of carbonyl (C=O) groups is 1. The summed E-state index contributed by atoms with van der Waals surface area (Å²) in [6.07, 6.45) is 6.51. The molecule has 0 aromatic heterocycles. The number of hydrogen-bond acceptors (Lipinski definition) is 5. The molecule has 2 heterocycles. The molecule has 4 aromatic rings. The Kier molecular flexibility index (Phi) is 7.03. The fraction of sp³-hybridized carbons (Fsp3) is 0.308. The number of amides is 1. The van der Waals surface area contributed by atoms with Crippen molar-refractivity contribution in [2.45, 2.75) is 47.6 Å². The number of ether oxygens (including phenoxy) is 1. The lowest BCUT2D eigenvalue weighted by atomic mass is 9.53. The summed E-state index contributed by atoms with van der Waals surface area (Å²) >= 11 is 1.81. The molecule has 228 valence electrons. The molecule has 1 spiro atoms. The first-order chi connectivity index (χ1) is 22.0. The number of rotatable bonds is 8. The van der Waals surface area contributed by atoms with Crippen LogP contribution < -0.4 is 10.1 Å². The second kappa shape index (κ2) is 11.1. The van der Waals surface area contributed by atoms with Crippen molar-refractivity contribution in [1.82, 2.24) is 10.2 Å². The maximum atomic E-state index is 13.7. The van der Waals surface area contributed by atoms with Crippen LogP contribution in [0.15, 0.2) is 115 Å². The van der Waals surface area contributed by atoms with Gasteiger partial charge in [0.25, 0.3) is 0 Å². The highest BCUT2D eigenvalue weighted by molar-refractivity contribution is 8.00. The molecule has 2 N–H and O–H groups in total. The number of nitrogens with zero attached hydrogens (tertiary/aromatic N) is 1. The van der Waals surface area contributed by atoms with Crippen molar-refractivity contribution in [2.75, 3.05) is 19.3 Å². The zero-order valence-electron chi connectivity index (χ0n) is 25.4. The van der Waals surface area contributed by atoms with Crippen LogP contribution in [0.3, 0.4) is 0 Å². The average molecular weight is 615 g/mol. The molecule has 0 saturated carbocycles. The minimum Gasteiger partial charge on any atom is -0.504 e. The van der Waals surface area contributed by atoms with Gasteiger partial charge in [0.1, 0.15) is 6.10 Å². The predicted molar refractivity (Wildman–Crippen MR) is 180 cm³/mol. The maximum absolute atomic E-state index is 13.7. The van der Waals surface area contributed by atoms with E-state index in [0.29, 0.717) is 29.9 Å². The molecule has 8 rings (SSSR count). The SMILES string of the molecule is CN1CC[C@]23c4c5ccc(O)c4O[C@H]2[C@H](NC(=O)CCSC(c2ccccc2)(c2ccccc2)c2ccccc2)C=C[C@H]3C1C5. The third-order valence-corrected chi connectivity index (χ3v) is 12.2. The first kappa shape index (κ1) is 28.5. The van der Waals surface area contributed by atoms with Crippen LogP contribution in [0.25, 0.3) is 0 Å². The van der Waals surface area contributed by atoms with Crippen molar-refractivity contribution in [3.63, 3.8) is 0 Å². The Morgan fingerprint density at radius 3 is 2.18 bits per heavy atom. The number of aromatic hydroxyl groups is 1. The molecule has 0 radical (unpaired) electrons. The molecule has 1 amide bonds. The lowest BCUT2D eigenvalue weighted by molar-refractivity contribution is -0.122. The molecule has 5 atom stereocenters. The van der Waals surface area contributed by atoms with Crippen LogP contribution in [-0.2, 0) is 21.4 Å². The van der Waals surface area contributed by atoms with Gasteiger partial charge in [0, 0.05) is 35.1 Å². The smallest absolute Gasteiger partial charge is 0.221 e. The lowest BCUT2D eigenvalue weighted by Crippen LogP contribution is -2.66. The number of piperidine rings is 1. The third kappa shape index (κ3) is 4.37. The van der Waals surface area contributed by atoms with Gasteiger partial charge in [-0.25, -0.2) is 0 Å². The topological polar surface area (TPSA) is 61.8 Å². The van der Waals surface area contributed by atoms with Crippen molar-refractivity contribution < 1.29 is 14.6 Å². The highest BCUT2D eigenvalue weighted by Crippen LogP contribution is 2.62. The number of hydrogen-bond donors (Lipinski definition) is 2. The number of thioether (sulfide) groups is 1. The summed E-state index contributed by atoms with van der Waals surface area (Å²) in [6, 6.07) is 35.8. The Labute approximate surface area is 269 Å². The van der Waals surface area contributed by atoms with Crippen molar-refractivity contribution in [3.05, 3.63) is 143 Å². The van der Waals surface area contributed by atoms with Gasteiger partial charge >= 0.3 is 0 Å². The lowest BCUT2D eigenvalue weighted by Gasteiger charge is -2.57. The van der Waals surface area contributed by atoms with Crippen molar-refractivity contribution in [2.24, 2.45) is 5.92 Å². The number of phenolic OH excluding ortho intramolecular Hbond substituents is 1. The van der Waals surface area contributed by atoms with E-state index in [0.717, 1.165) is 19.4 Å². The molecular formula is C39H38N2O3S. The van der Waals surface area contributed by atoms with Gasteiger partial charge in [-0.15, -0.1) is 11.8 Å². The van der Waals surface area contributed by atoms with E-state index in [4.69, 9.17) is 4.74 Å². The zero-order valence-corrected chi connectivity index (χ0v) is 26.3. The number of likely N-dealkylation sites (N-methyl/N-ethyl adjacent to an activating group) is 1. The highest BCUT2D eigenvalue weighted by Gasteiger charge is 2.64. The van der Waals surface area contributed by atoms with Gasteiger partial charge in [-0.3, -0.25) is 4.79 Å². The molecule has 45 heavy (non-hydrogen) atoms. The van der Waals surface area contributed by atoms with E-state index < -0.39 is 4.75 Å². The number of likely N-dealkylation sites (tertiary alicyclic amines) is 1. The normalized spacial score (nSPS) is 26.2. The summed E-state index contributed by atoms with van der Waals surface area (Å²) in [5.41, 5.74) is 5.79. The third-order valence-electron chi connectivity index (χ3n) is 10.7. The highest BCUT2D eigenvalue weighted by atomic mass is 32.2. The summed E-state index contributed by atoms with van der Waals surface area (Å²) in [4.78, 5) is 16.2. The van der Waals surface area contributed by atoms with Crippen LogP contribution in [0.4, 0.5) is 0 Å². The van der Waals surface area contributed by atoms with E-state index in [9.17, 15) is 9.90 Å². The summed E-state index contributed by atoms with van der Waals surface area (Å²) < 4.78 is 6.19. The van der Waals surface area contributed by atoms with E-state index >= 15 is 0 Å². The molecule has 6 heteroatoms. The fourth-order valence-electron chi connectivity index (χ4n) is 8.71. The zero-order chi connectivity index (χ0) is 30.6. The molecule has 1 fully saturated rings. The van der Waals surface area contributed by atoms with E-state index in [1.54, 1.807) is 17.8 Å². The molecule has 4 aliphatic rings. The Hall–Kier alpha value is -4.00. The number of benzene rings is 4. The predicted octanol–water partition coefficient (Wildman–Crippen LogP) is 6.44. The quantitative estimate of drug-likeness (QED) is 0.177. The monoisotopic (exact) mass is 614 g/mol. The van der Waals surface area contributed by atoms with E-state index in [1.165, 1.54) is 27.8 Å². The van der Waals surface area contributed by atoms with Crippen molar-refractivity contribution >= 4 is 17.7 Å². The Morgan fingerprint density at radius 2 is 1.56 bits per heavy atom. The number of carbonyl (C=O) groups excluding carboxylic acids is 1. The van der Waals surface area contributed by atoms with Gasteiger partial charge in [-0.2, -0.15) is 0 Å². The van der Waals surface area contributed by atoms with Crippen LogP contribution in [-0.4, -0.2) is 53.4 Å². The number of nitrogens with one attached hydrogen (secondary N) is 1. The Balaban J connectivity index is 1.06. The van der Waals surface area contributed by atoms with Gasteiger partial charge in [0.2, 0.25) is 5.91 Å². The summed E-state index contributed by atoms with van der Waals surface area (Å²) in [7, 11) is 2.22. The maximum Gasteiger partial charge on any atom is 0.221 e. The molecule has 1 saturated heterocycles. The van der Waals surface area contributed by atoms with Crippen LogP contribution in [0, 0.1) is 5.92 Å².